The van der Waals surface area contributed by atoms with Crippen LogP contribution in [0.4, 0.5) is 0 Å². The Morgan fingerprint density at radius 3 is 2.41 bits per heavy atom. The number of nitrogens with two attached hydrogens (primary N) is 1. The van der Waals surface area contributed by atoms with Crippen molar-refractivity contribution in [2.24, 2.45) is 11.1 Å². The second-order valence-corrected chi connectivity index (χ2v) is 6.62. The molecule has 0 aromatic carbocycles. The molecule has 2 fully saturated rings. The third-order valence-corrected chi connectivity index (χ3v) is 5.31. The zero-order valence-corrected chi connectivity index (χ0v) is 11.4. The molecule has 0 aromatic rings. The third-order valence-electron chi connectivity index (χ3n) is 5.31. The molecule has 1 heterocycles. The van der Waals surface area contributed by atoms with Crippen molar-refractivity contribution in [1.82, 2.24) is 4.90 Å². The quantitative estimate of drug-likeness (QED) is 0.790. The zero-order valence-electron chi connectivity index (χ0n) is 11.4. The predicted molar refractivity (Wildman–Crippen MR) is 70.8 cm³/mol. The van der Waals surface area contributed by atoms with E-state index in [9.17, 15) is 5.11 Å². The van der Waals surface area contributed by atoms with Crippen molar-refractivity contribution in [3.8, 4) is 0 Å². The highest BCUT2D eigenvalue weighted by molar-refractivity contribution is 4.98. The van der Waals surface area contributed by atoms with Gasteiger partial charge < -0.3 is 15.7 Å². The molecule has 1 saturated carbocycles. The molecule has 3 N–H and O–H groups in total. The molecule has 0 spiro atoms. The van der Waals surface area contributed by atoms with Crippen LogP contribution in [0, 0.1) is 5.41 Å². The van der Waals surface area contributed by atoms with Gasteiger partial charge in [-0.1, -0.05) is 20.3 Å². The standard InChI is InChI=1S/C14H28N2O/c1-3-13(2)6-8-16(9-7-13)12-4-5-14(15,10-12)11-17/h12,17H,3-11,15H2,1-2H3. The van der Waals surface area contributed by atoms with E-state index in [1.54, 1.807) is 0 Å². The predicted octanol–water partition coefficient (Wildman–Crippen LogP) is 1.74. The first-order valence-electron chi connectivity index (χ1n) is 7.14. The number of likely N-dealkylation sites (tertiary alicyclic amines) is 1. The molecule has 1 aliphatic heterocycles. The summed E-state index contributed by atoms with van der Waals surface area (Å²) in [4.78, 5) is 2.61. The fraction of sp³-hybridized carbons (Fsp3) is 1.00. The molecule has 2 rings (SSSR count). The first-order chi connectivity index (χ1) is 8.00. The van der Waals surface area contributed by atoms with Gasteiger partial charge >= 0.3 is 0 Å². The highest BCUT2D eigenvalue weighted by Gasteiger charge is 2.40. The Hall–Kier alpha value is -0.120. The highest BCUT2D eigenvalue weighted by Crippen LogP contribution is 2.38. The summed E-state index contributed by atoms with van der Waals surface area (Å²) in [5, 5.41) is 9.32. The molecule has 3 nitrogen and oxygen atoms in total. The summed E-state index contributed by atoms with van der Waals surface area (Å²) in [6, 6.07) is 0.619. The van der Waals surface area contributed by atoms with Crippen molar-refractivity contribution in [1.29, 1.82) is 0 Å². The lowest BCUT2D eigenvalue weighted by Gasteiger charge is -2.41. The van der Waals surface area contributed by atoms with Gasteiger partial charge in [-0.15, -0.1) is 0 Å². The average molecular weight is 240 g/mol. The summed E-state index contributed by atoms with van der Waals surface area (Å²) < 4.78 is 0. The second kappa shape index (κ2) is 4.87. The lowest BCUT2D eigenvalue weighted by Crippen LogP contribution is -2.46. The fourth-order valence-corrected chi connectivity index (χ4v) is 3.37. The number of nitrogens with zero attached hydrogens (tertiary/aromatic N) is 1. The molecule has 0 radical (unpaired) electrons. The van der Waals surface area contributed by atoms with Crippen LogP contribution in [0.25, 0.3) is 0 Å². The molecule has 0 bridgehead atoms. The second-order valence-electron chi connectivity index (χ2n) is 6.62. The Bertz CT molecular complexity index is 261. The van der Waals surface area contributed by atoms with Gasteiger partial charge in [0, 0.05) is 11.6 Å². The largest absolute Gasteiger partial charge is 0.394 e. The van der Waals surface area contributed by atoms with E-state index < -0.39 is 0 Å². The molecule has 0 aromatic heterocycles. The summed E-state index contributed by atoms with van der Waals surface area (Å²) >= 11 is 0. The van der Waals surface area contributed by atoms with Crippen molar-refractivity contribution in [2.75, 3.05) is 19.7 Å². The van der Waals surface area contributed by atoms with E-state index in [1.807, 2.05) is 0 Å². The van der Waals surface area contributed by atoms with E-state index in [4.69, 9.17) is 5.73 Å². The third kappa shape index (κ3) is 2.83. The van der Waals surface area contributed by atoms with Gasteiger partial charge in [-0.25, -0.2) is 0 Å². The molecule has 2 atom stereocenters. The van der Waals surface area contributed by atoms with Gasteiger partial charge in [0.2, 0.25) is 0 Å². The van der Waals surface area contributed by atoms with Gasteiger partial charge in [-0.3, -0.25) is 0 Å². The summed E-state index contributed by atoms with van der Waals surface area (Å²) in [5.41, 5.74) is 6.42. The van der Waals surface area contributed by atoms with E-state index in [1.165, 1.54) is 38.8 Å². The number of piperidine rings is 1. The van der Waals surface area contributed by atoms with Crippen LogP contribution in [-0.2, 0) is 0 Å². The topological polar surface area (TPSA) is 49.5 Å². The van der Waals surface area contributed by atoms with Crippen molar-refractivity contribution in [2.45, 2.75) is 64.0 Å². The van der Waals surface area contributed by atoms with Gasteiger partial charge in [0.05, 0.1) is 6.61 Å². The molecular formula is C14H28N2O. The van der Waals surface area contributed by atoms with Crippen LogP contribution in [0.1, 0.15) is 52.4 Å². The number of rotatable bonds is 3. The molecule has 3 heteroatoms. The van der Waals surface area contributed by atoms with Gasteiger partial charge in [0.25, 0.3) is 0 Å². The molecule has 2 aliphatic rings. The summed E-state index contributed by atoms with van der Waals surface area (Å²) in [5.74, 6) is 0. The maximum Gasteiger partial charge on any atom is 0.0611 e. The summed E-state index contributed by atoms with van der Waals surface area (Å²) in [6.07, 6.45) is 7.05. The van der Waals surface area contributed by atoms with Crippen LogP contribution in [0.3, 0.4) is 0 Å². The van der Waals surface area contributed by atoms with Gasteiger partial charge in [-0.2, -0.15) is 0 Å². The minimum Gasteiger partial charge on any atom is -0.394 e. The lowest BCUT2D eigenvalue weighted by molar-refractivity contribution is 0.0777. The van der Waals surface area contributed by atoms with Crippen molar-refractivity contribution >= 4 is 0 Å². The summed E-state index contributed by atoms with van der Waals surface area (Å²) in [6.45, 7) is 7.30. The Morgan fingerprint density at radius 1 is 1.29 bits per heavy atom. The molecule has 1 saturated heterocycles. The zero-order chi connectivity index (χ0) is 12.5. The number of hydrogen-bond acceptors (Lipinski definition) is 3. The van der Waals surface area contributed by atoms with Crippen LogP contribution < -0.4 is 5.73 Å². The van der Waals surface area contributed by atoms with E-state index in [0.29, 0.717) is 11.5 Å². The Labute approximate surface area is 105 Å². The van der Waals surface area contributed by atoms with Crippen molar-refractivity contribution in [3.05, 3.63) is 0 Å². The normalized spacial score (nSPS) is 38.5. The smallest absolute Gasteiger partial charge is 0.0611 e. The van der Waals surface area contributed by atoms with Crippen LogP contribution in [0.5, 0.6) is 0 Å². The van der Waals surface area contributed by atoms with Crippen LogP contribution >= 0.6 is 0 Å². The Balaban J connectivity index is 1.86. The minimum absolute atomic E-state index is 0.143. The molecule has 1 aliphatic carbocycles. The minimum atomic E-state index is -0.295. The van der Waals surface area contributed by atoms with Crippen LogP contribution in [-0.4, -0.2) is 41.3 Å². The van der Waals surface area contributed by atoms with Crippen molar-refractivity contribution in [3.63, 3.8) is 0 Å². The first kappa shape index (κ1) is 13.3. The van der Waals surface area contributed by atoms with Gasteiger partial charge in [0.1, 0.15) is 0 Å². The van der Waals surface area contributed by atoms with Gasteiger partial charge in [-0.05, 0) is 50.6 Å². The average Bonchev–Trinajstić information content (AvgIpc) is 2.74. The Kier molecular flexibility index (Phi) is 3.81. The molecular weight excluding hydrogens is 212 g/mol. The highest BCUT2D eigenvalue weighted by atomic mass is 16.3. The molecule has 2 unspecified atom stereocenters. The van der Waals surface area contributed by atoms with Crippen LogP contribution in [0.15, 0.2) is 0 Å². The van der Waals surface area contributed by atoms with E-state index in [0.717, 1.165) is 12.8 Å². The first-order valence-corrected chi connectivity index (χ1v) is 7.14. The fourth-order valence-electron chi connectivity index (χ4n) is 3.37. The van der Waals surface area contributed by atoms with E-state index in [2.05, 4.69) is 18.7 Å². The monoisotopic (exact) mass is 240 g/mol. The van der Waals surface area contributed by atoms with Gasteiger partial charge in [0.15, 0.2) is 0 Å². The Morgan fingerprint density at radius 2 is 1.94 bits per heavy atom. The number of aliphatic hydroxyl groups is 1. The maximum atomic E-state index is 9.32. The molecule has 17 heavy (non-hydrogen) atoms. The van der Waals surface area contributed by atoms with Crippen molar-refractivity contribution < 1.29 is 5.11 Å². The number of aliphatic hydroxyl groups excluding tert-OH is 1. The van der Waals surface area contributed by atoms with Crippen LogP contribution in [0.2, 0.25) is 0 Å². The molecule has 0 amide bonds. The van der Waals surface area contributed by atoms with E-state index in [-0.39, 0.29) is 12.1 Å². The van der Waals surface area contributed by atoms with E-state index >= 15 is 0 Å². The maximum absolute atomic E-state index is 9.32. The number of hydrogen-bond donors (Lipinski definition) is 2. The molecule has 100 valence electrons. The summed E-state index contributed by atoms with van der Waals surface area (Å²) in [7, 11) is 0. The SMILES string of the molecule is CCC1(C)CCN(C2CCC(N)(CO)C2)CC1. The lowest BCUT2D eigenvalue weighted by atomic mass is 9.78.